The molecule has 0 bridgehead atoms. The fraction of sp³-hybridized carbons (Fsp3) is 0.520. The van der Waals surface area contributed by atoms with Crippen molar-refractivity contribution in [3.63, 3.8) is 0 Å². The second-order valence-electron chi connectivity index (χ2n) is 9.61. The standard InChI is InChI=1S/C25H37N7O3/c1-17(2)23(34)31(14-9-13-30(6)7)20-11-8-10-18(28-20)22(33)29-19(16-27-5)21(26)32-15-12-25(3,4)24(32)35/h8,10-11,16,19,26H,1,9,12-15H2,2-7H3,(H,29,33). The van der Waals surface area contributed by atoms with E-state index in [0.717, 1.165) is 13.0 Å². The zero-order valence-electron chi connectivity index (χ0n) is 21.6. The van der Waals surface area contributed by atoms with Crippen molar-refractivity contribution >= 4 is 35.6 Å². The SMILES string of the molecule is C=C(C)C(=O)N(CCCN(C)C)c1cccc(C(=O)NC(C=NC)C(=N)N2CCC(C)(C)C2=O)n1. The monoisotopic (exact) mass is 483 g/mol. The molecule has 10 nitrogen and oxygen atoms in total. The summed E-state index contributed by atoms with van der Waals surface area (Å²) in [6.45, 7) is 10.7. The predicted octanol–water partition coefficient (Wildman–Crippen LogP) is 1.98. The lowest BCUT2D eigenvalue weighted by molar-refractivity contribution is -0.131. The number of hydrogen-bond donors (Lipinski definition) is 2. The largest absolute Gasteiger partial charge is 0.336 e. The molecule has 1 unspecified atom stereocenters. The first kappa shape index (κ1) is 27.8. The van der Waals surface area contributed by atoms with E-state index in [1.165, 1.54) is 29.1 Å². The molecule has 1 saturated heterocycles. The summed E-state index contributed by atoms with van der Waals surface area (Å²) in [5, 5.41) is 11.3. The number of pyridine rings is 1. The van der Waals surface area contributed by atoms with Gasteiger partial charge in [-0.15, -0.1) is 0 Å². The molecule has 10 heteroatoms. The number of carbonyl (C=O) groups excluding carboxylic acids is 3. The van der Waals surface area contributed by atoms with E-state index in [2.05, 4.69) is 21.9 Å². The summed E-state index contributed by atoms with van der Waals surface area (Å²) in [5.74, 6) is -0.654. The number of hydrogen-bond acceptors (Lipinski definition) is 7. The molecule has 1 aromatic rings. The molecule has 1 fully saturated rings. The van der Waals surface area contributed by atoms with Crippen LogP contribution in [0.15, 0.2) is 35.3 Å². The van der Waals surface area contributed by atoms with Crippen molar-refractivity contribution < 1.29 is 14.4 Å². The number of aliphatic imine (C=N–C) groups is 1. The third-order valence-electron chi connectivity index (χ3n) is 5.80. The van der Waals surface area contributed by atoms with E-state index in [0.29, 0.717) is 30.9 Å². The topological polar surface area (TPSA) is 122 Å². The first-order valence-corrected chi connectivity index (χ1v) is 11.6. The fourth-order valence-corrected chi connectivity index (χ4v) is 3.70. The second kappa shape index (κ2) is 11.8. The third-order valence-corrected chi connectivity index (χ3v) is 5.80. The van der Waals surface area contributed by atoms with Gasteiger partial charge in [-0.2, -0.15) is 0 Å². The molecule has 2 N–H and O–H groups in total. The first-order chi connectivity index (χ1) is 16.4. The normalized spacial score (nSPS) is 16.0. The van der Waals surface area contributed by atoms with E-state index in [-0.39, 0.29) is 23.3 Å². The van der Waals surface area contributed by atoms with Crippen molar-refractivity contribution in [2.24, 2.45) is 10.4 Å². The van der Waals surface area contributed by atoms with Crippen molar-refractivity contribution in [2.45, 2.75) is 39.7 Å². The van der Waals surface area contributed by atoms with Crippen LogP contribution in [0.1, 0.15) is 44.1 Å². The Balaban J connectivity index is 2.24. The van der Waals surface area contributed by atoms with Gasteiger partial charge in [0.15, 0.2) is 0 Å². The number of nitrogens with zero attached hydrogens (tertiary/aromatic N) is 5. The highest BCUT2D eigenvalue weighted by molar-refractivity contribution is 6.11. The Hall–Kier alpha value is -3.40. The molecule has 3 amide bonds. The molecule has 1 aliphatic rings. The Kier molecular flexibility index (Phi) is 9.41. The van der Waals surface area contributed by atoms with Crippen LogP contribution in [-0.4, -0.2) is 91.4 Å². The minimum Gasteiger partial charge on any atom is -0.336 e. The maximum Gasteiger partial charge on any atom is 0.270 e. The summed E-state index contributed by atoms with van der Waals surface area (Å²) >= 11 is 0. The van der Waals surface area contributed by atoms with Gasteiger partial charge in [0, 0.05) is 37.3 Å². The minimum atomic E-state index is -0.899. The van der Waals surface area contributed by atoms with Crippen LogP contribution >= 0.6 is 0 Å². The van der Waals surface area contributed by atoms with Crippen LogP contribution in [-0.2, 0) is 9.59 Å². The Morgan fingerprint density at radius 2 is 2.03 bits per heavy atom. The van der Waals surface area contributed by atoms with Crippen LogP contribution in [0.5, 0.6) is 0 Å². The first-order valence-electron chi connectivity index (χ1n) is 11.6. The van der Waals surface area contributed by atoms with Gasteiger partial charge in [0.05, 0.1) is 0 Å². The average molecular weight is 484 g/mol. The Morgan fingerprint density at radius 3 is 2.57 bits per heavy atom. The predicted molar refractivity (Wildman–Crippen MR) is 138 cm³/mol. The van der Waals surface area contributed by atoms with E-state index < -0.39 is 17.4 Å². The van der Waals surface area contributed by atoms with Crippen LogP contribution in [0.25, 0.3) is 0 Å². The van der Waals surface area contributed by atoms with Crippen molar-refractivity contribution in [1.29, 1.82) is 5.41 Å². The van der Waals surface area contributed by atoms with Crippen LogP contribution < -0.4 is 10.2 Å². The number of anilines is 1. The molecule has 190 valence electrons. The number of carbonyl (C=O) groups is 3. The van der Waals surface area contributed by atoms with E-state index in [4.69, 9.17) is 5.41 Å². The van der Waals surface area contributed by atoms with Gasteiger partial charge >= 0.3 is 0 Å². The van der Waals surface area contributed by atoms with E-state index >= 15 is 0 Å². The molecule has 35 heavy (non-hydrogen) atoms. The lowest BCUT2D eigenvalue weighted by Crippen LogP contribution is -2.50. The number of aromatic nitrogens is 1. The van der Waals surface area contributed by atoms with Crippen LogP contribution in [0.4, 0.5) is 5.82 Å². The number of amidine groups is 1. The lowest BCUT2D eigenvalue weighted by atomic mass is 9.92. The highest BCUT2D eigenvalue weighted by Crippen LogP contribution is 2.30. The van der Waals surface area contributed by atoms with E-state index in [1.54, 1.807) is 19.1 Å². The van der Waals surface area contributed by atoms with Crippen molar-refractivity contribution in [2.75, 3.05) is 45.7 Å². The minimum absolute atomic E-state index is 0.0431. The molecule has 1 aliphatic heterocycles. The highest BCUT2D eigenvalue weighted by Gasteiger charge is 2.41. The summed E-state index contributed by atoms with van der Waals surface area (Å²) in [6, 6.07) is 3.97. The maximum absolute atomic E-state index is 13.1. The summed E-state index contributed by atoms with van der Waals surface area (Å²) < 4.78 is 0. The van der Waals surface area contributed by atoms with Gasteiger partial charge in [0.1, 0.15) is 23.4 Å². The molecular weight excluding hydrogens is 446 g/mol. The maximum atomic E-state index is 13.1. The molecule has 0 saturated carbocycles. The van der Waals surface area contributed by atoms with Gasteiger partial charge < -0.3 is 10.2 Å². The van der Waals surface area contributed by atoms with E-state index in [1.807, 2.05) is 32.8 Å². The summed E-state index contributed by atoms with van der Waals surface area (Å²) in [7, 11) is 5.45. The molecule has 1 atom stereocenters. The zero-order valence-corrected chi connectivity index (χ0v) is 21.6. The van der Waals surface area contributed by atoms with Gasteiger partial charge in [-0.05, 0) is 52.5 Å². The number of nitrogens with one attached hydrogen (secondary N) is 2. The van der Waals surface area contributed by atoms with Crippen LogP contribution in [0.3, 0.4) is 0 Å². The van der Waals surface area contributed by atoms with Crippen molar-refractivity contribution in [1.82, 2.24) is 20.1 Å². The number of likely N-dealkylation sites (tertiary alicyclic amines) is 1. The van der Waals surface area contributed by atoms with Crippen LogP contribution in [0, 0.1) is 10.8 Å². The molecule has 2 heterocycles. The van der Waals surface area contributed by atoms with Gasteiger partial charge in [0.2, 0.25) is 5.91 Å². The van der Waals surface area contributed by atoms with E-state index in [9.17, 15) is 14.4 Å². The molecular formula is C25H37N7O3. The lowest BCUT2D eigenvalue weighted by Gasteiger charge is -2.25. The van der Waals surface area contributed by atoms with Crippen molar-refractivity contribution in [3.05, 3.63) is 36.0 Å². The Labute approximate surface area is 207 Å². The molecule has 2 rings (SSSR count). The van der Waals surface area contributed by atoms with Gasteiger partial charge in [-0.25, -0.2) is 4.98 Å². The summed E-state index contributed by atoms with van der Waals surface area (Å²) in [6.07, 6.45) is 2.76. The summed E-state index contributed by atoms with van der Waals surface area (Å²) in [4.78, 5) is 51.8. The van der Waals surface area contributed by atoms with Crippen LogP contribution in [0.2, 0.25) is 0 Å². The Bertz CT molecular complexity index is 1020. The van der Waals surface area contributed by atoms with Crippen molar-refractivity contribution in [3.8, 4) is 0 Å². The average Bonchev–Trinajstić information content (AvgIpc) is 3.07. The van der Waals surface area contributed by atoms with Gasteiger partial charge in [-0.3, -0.25) is 34.6 Å². The fourth-order valence-electron chi connectivity index (χ4n) is 3.70. The van der Waals surface area contributed by atoms with Gasteiger partial charge in [-0.1, -0.05) is 26.5 Å². The highest BCUT2D eigenvalue weighted by atomic mass is 16.2. The second-order valence-corrected chi connectivity index (χ2v) is 9.61. The number of amides is 3. The van der Waals surface area contributed by atoms with Gasteiger partial charge in [0.25, 0.3) is 11.8 Å². The quantitative estimate of drug-likeness (QED) is 0.299. The molecule has 0 aliphatic carbocycles. The third kappa shape index (κ3) is 7.05. The molecule has 0 radical (unpaired) electrons. The Morgan fingerprint density at radius 1 is 1.34 bits per heavy atom. The molecule has 1 aromatic heterocycles. The zero-order chi connectivity index (χ0) is 26.3. The smallest absolute Gasteiger partial charge is 0.270 e. The number of rotatable bonds is 10. The molecule has 0 spiro atoms. The summed E-state index contributed by atoms with van der Waals surface area (Å²) in [5.41, 5.74) is -0.0891. The molecule has 0 aromatic carbocycles.